The Kier molecular flexibility index (Phi) is 4.74. The van der Waals surface area contributed by atoms with Gasteiger partial charge < -0.3 is 4.90 Å². The second kappa shape index (κ2) is 6.62. The first-order valence-corrected chi connectivity index (χ1v) is 9.23. The summed E-state index contributed by atoms with van der Waals surface area (Å²) in [7, 11) is 0. The Hall–Kier alpha value is -1.39. The lowest BCUT2D eigenvalue weighted by Crippen LogP contribution is -2.38. The molecule has 3 rings (SSSR count). The lowest BCUT2D eigenvalue weighted by molar-refractivity contribution is -0.131. The molecule has 1 N–H and O–H groups in total. The van der Waals surface area contributed by atoms with Gasteiger partial charge in [-0.3, -0.25) is 9.89 Å². The molecule has 1 aromatic rings. The minimum absolute atomic E-state index is 0.249. The molecule has 2 heterocycles. The number of aromatic amines is 1. The van der Waals surface area contributed by atoms with Gasteiger partial charge in [-0.2, -0.15) is 5.10 Å². The molecular weight excluding hydrogens is 288 g/mol. The molecular formula is C18H30N4O. The van der Waals surface area contributed by atoms with Crippen LogP contribution in [0.5, 0.6) is 0 Å². The average molecular weight is 318 g/mol. The Morgan fingerprint density at radius 3 is 2.83 bits per heavy atom. The van der Waals surface area contributed by atoms with Gasteiger partial charge in [0.1, 0.15) is 5.82 Å². The Labute approximate surface area is 139 Å². The monoisotopic (exact) mass is 318 g/mol. The van der Waals surface area contributed by atoms with Gasteiger partial charge >= 0.3 is 0 Å². The highest BCUT2D eigenvalue weighted by Gasteiger charge is 2.53. The third-order valence-corrected chi connectivity index (χ3v) is 5.63. The maximum Gasteiger partial charge on any atom is 0.222 e. The number of aryl methyl sites for hydroxylation is 1. The fourth-order valence-corrected chi connectivity index (χ4v) is 4.04. The molecule has 1 aromatic heterocycles. The topological polar surface area (TPSA) is 61.9 Å². The van der Waals surface area contributed by atoms with Gasteiger partial charge in [-0.05, 0) is 37.0 Å². The summed E-state index contributed by atoms with van der Waals surface area (Å²) in [6.45, 7) is 8.22. The van der Waals surface area contributed by atoms with Crippen LogP contribution in [0.2, 0.25) is 0 Å². The van der Waals surface area contributed by atoms with Crippen LogP contribution in [0.25, 0.3) is 0 Å². The predicted octanol–water partition coefficient (Wildman–Crippen LogP) is 3.29. The van der Waals surface area contributed by atoms with Crippen LogP contribution < -0.4 is 0 Å². The van der Waals surface area contributed by atoms with Crippen LogP contribution in [0, 0.1) is 11.3 Å². The Balaban J connectivity index is 1.70. The lowest BCUT2D eigenvalue weighted by Gasteiger charge is -2.41. The number of amides is 1. The molecule has 2 aliphatic rings. The highest BCUT2D eigenvalue weighted by Crippen LogP contribution is 2.55. The van der Waals surface area contributed by atoms with Crippen LogP contribution in [0.1, 0.15) is 76.9 Å². The van der Waals surface area contributed by atoms with Crippen LogP contribution >= 0.6 is 0 Å². The summed E-state index contributed by atoms with van der Waals surface area (Å²) in [4.78, 5) is 19.3. The Morgan fingerprint density at radius 2 is 2.22 bits per heavy atom. The molecule has 2 fully saturated rings. The van der Waals surface area contributed by atoms with E-state index in [1.54, 1.807) is 0 Å². The van der Waals surface area contributed by atoms with Gasteiger partial charge in [0.05, 0.1) is 0 Å². The van der Waals surface area contributed by atoms with Crippen LogP contribution in [-0.2, 0) is 11.2 Å². The van der Waals surface area contributed by atoms with Crippen LogP contribution in [0.3, 0.4) is 0 Å². The van der Waals surface area contributed by atoms with E-state index in [-0.39, 0.29) is 5.41 Å². The molecule has 128 valence electrons. The van der Waals surface area contributed by atoms with Crippen molar-refractivity contribution in [1.82, 2.24) is 20.1 Å². The normalized spacial score (nSPS) is 22.8. The first-order valence-electron chi connectivity index (χ1n) is 9.23. The Bertz CT molecular complexity index is 547. The number of nitrogens with one attached hydrogen (secondary N) is 1. The van der Waals surface area contributed by atoms with Crippen LogP contribution in [0.15, 0.2) is 0 Å². The number of aromatic nitrogens is 3. The zero-order valence-electron chi connectivity index (χ0n) is 14.8. The quantitative estimate of drug-likeness (QED) is 0.875. The van der Waals surface area contributed by atoms with Gasteiger partial charge in [0, 0.05) is 31.8 Å². The molecule has 0 aromatic carbocycles. The van der Waals surface area contributed by atoms with Crippen molar-refractivity contribution in [2.45, 2.75) is 71.6 Å². The molecule has 1 aliphatic carbocycles. The second-order valence-corrected chi connectivity index (χ2v) is 7.87. The molecule has 5 nitrogen and oxygen atoms in total. The molecule has 0 radical (unpaired) electrons. The van der Waals surface area contributed by atoms with Crippen molar-refractivity contribution >= 4 is 5.91 Å². The zero-order chi connectivity index (χ0) is 16.4. The first kappa shape index (κ1) is 16.5. The third-order valence-electron chi connectivity index (χ3n) is 5.63. The van der Waals surface area contributed by atoms with E-state index in [1.165, 1.54) is 19.3 Å². The highest BCUT2D eigenvalue weighted by molar-refractivity contribution is 5.76. The lowest BCUT2D eigenvalue weighted by atomic mass is 9.62. The third kappa shape index (κ3) is 3.29. The largest absolute Gasteiger partial charge is 0.341 e. The summed E-state index contributed by atoms with van der Waals surface area (Å²) < 4.78 is 0. The number of hydrogen-bond acceptors (Lipinski definition) is 3. The summed E-state index contributed by atoms with van der Waals surface area (Å²) in [6.07, 6.45) is 7.38. The van der Waals surface area contributed by atoms with Crippen LogP contribution in [0.4, 0.5) is 0 Å². The molecule has 1 amide bonds. The molecule has 5 heteroatoms. The van der Waals surface area contributed by atoms with Gasteiger partial charge in [-0.25, -0.2) is 4.98 Å². The SMILES string of the molecule is CCCc1nc(C2CN(C(=O)CCC(C)C)CC23CCC3)n[nH]1. The van der Waals surface area contributed by atoms with Crippen molar-refractivity contribution < 1.29 is 4.79 Å². The molecule has 1 aliphatic heterocycles. The summed E-state index contributed by atoms with van der Waals surface area (Å²) in [6, 6.07) is 0. The van der Waals surface area contributed by atoms with E-state index < -0.39 is 0 Å². The minimum atomic E-state index is 0.249. The van der Waals surface area contributed by atoms with E-state index in [0.29, 0.717) is 24.2 Å². The standard InChI is InChI=1S/C18H30N4O/c1-4-6-15-19-17(21-20-15)14-11-22(12-18(14)9-5-10-18)16(23)8-7-13(2)3/h13-14H,4-12H2,1-3H3,(H,19,20,21). The van der Waals surface area contributed by atoms with Crippen molar-refractivity contribution in [1.29, 1.82) is 0 Å². The van der Waals surface area contributed by atoms with E-state index in [9.17, 15) is 4.79 Å². The van der Waals surface area contributed by atoms with Crippen molar-refractivity contribution in [3.8, 4) is 0 Å². The summed E-state index contributed by atoms with van der Waals surface area (Å²) in [5.74, 6) is 3.14. The molecule has 1 saturated carbocycles. The van der Waals surface area contributed by atoms with E-state index >= 15 is 0 Å². The number of H-pyrrole nitrogens is 1. The van der Waals surface area contributed by atoms with E-state index in [4.69, 9.17) is 4.98 Å². The summed E-state index contributed by atoms with van der Waals surface area (Å²) in [5.41, 5.74) is 0.249. The molecule has 1 saturated heterocycles. The van der Waals surface area contributed by atoms with E-state index in [2.05, 4.69) is 35.9 Å². The van der Waals surface area contributed by atoms with Crippen molar-refractivity contribution in [2.75, 3.05) is 13.1 Å². The molecule has 0 bridgehead atoms. The van der Waals surface area contributed by atoms with Crippen molar-refractivity contribution in [2.24, 2.45) is 11.3 Å². The maximum absolute atomic E-state index is 12.5. The number of rotatable bonds is 6. The average Bonchev–Trinajstić information content (AvgIpc) is 3.08. The van der Waals surface area contributed by atoms with Crippen LogP contribution in [-0.4, -0.2) is 39.1 Å². The van der Waals surface area contributed by atoms with E-state index in [1.807, 2.05) is 0 Å². The summed E-state index contributed by atoms with van der Waals surface area (Å²) in [5, 5.41) is 7.58. The maximum atomic E-state index is 12.5. The van der Waals surface area contributed by atoms with Gasteiger partial charge in [0.25, 0.3) is 0 Å². The zero-order valence-corrected chi connectivity index (χ0v) is 14.8. The van der Waals surface area contributed by atoms with E-state index in [0.717, 1.165) is 44.0 Å². The van der Waals surface area contributed by atoms with Gasteiger partial charge in [-0.15, -0.1) is 0 Å². The first-order chi connectivity index (χ1) is 11.0. The van der Waals surface area contributed by atoms with Crippen molar-refractivity contribution in [3.05, 3.63) is 11.6 Å². The molecule has 1 unspecified atom stereocenters. The molecule has 23 heavy (non-hydrogen) atoms. The summed E-state index contributed by atoms with van der Waals surface area (Å²) >= 11 is 0. The number of nitrogens with zero attached hydrogens (tertiary/aromatic N) is 3. The highest BCUT2D eigenvalue weighted by atomic mass is 16.2. The number of likely N-dealkylation sites (tertiary alicyclic amines) is 1. The number of carbonyl (C=O) groups is 1. The predicted molar refractivity (Wildman–Crippen MR) is 90.1 cm³/mol. The Morgan fingerprint density at radius 1 is 1.43 bits per heavy atom. The van der Waals surface area contributed by atoms with Gasteiger partial charge in [-0.1, -0.05) is 27.2 Å². The minimum Gasteiger partial charge on any atom is -0.341 e. The number of carbonyl (C=O) groups excluding carboxylic acids is 1. The van der Waals surface area contributed by atoms with Gasteiger partial charge in [0.15, 0.2) is 5.82 Å². The number of hydrogen-bond donors (Lipinski definition) is 1. The van der Waals surface area contributed by atoms with Crippen molar-refractivity contribution in [3.63, 3.8) is 0 Å². The van der Waals surface area contributed by atoms with Gasteiger partial charge in [0.2, 0.25) is 5.91 Å². The molecule has 1 atom stereocenters. The molecule has 1 spiro atoms. The fraction of sp³-hybridized carbons (Fsp3) is 0.833. The smallest absolute Gasteiger partial charge is 0.222 e. The fourth-order valence-electron chi connectivity index (χ4n) is 4.04. The second-order valence-electron chi connectivity index (χ2n) is 7.87.